The van der Waals surface area contributed by atoms with Crippen LogP contribution in [0.15, 0.2) is 42.5 Å². The van der Waals surface area contributed by atoms with Gasteiger partial charge in [0.15, 0.2) is 5.69 Å². The molecule has 1 aromatic heterocycles. The maximum Gasteiger partial charge on any atom is 0.274 e. The van der Waals surface area contributed by atoms with Gasteiger partial charge in [-0.25, -0.2) is 17.9 Å². The lowest BCUT2D eigenvalue weighted by atomic mass is 10.1. The Hall–Kier alpha value is -3.09. The predicted octanol–water partition coefficient (Wildman–Crippen LogP) is 4.05. The van der Waals surface area contributed by atoms with Crippen LogP contribution < -0.4 is 0 Å². The van der Waals surface area contributed by atoms with Crippen LogP contribution in [0.3, 0.4) is 0 Å². The molecule has 4 nitrogen and oxygen atoms in total. The number of halogens is 3. The van der Waals surface area contributed by atoms with Gasteiger partial charge in [-0.2, -0.15) is 5.10 Å². The zero-order valence-corrected chi connectivity index (χ0v) is 15.3. The molecule has 0 fully saturated rings. The maximum atomic E-state index is 14.2. The van der Waals surface area contributed by atoms with Gasteiger partial charge in [-0.05, 0) is 37.5 Å². The van der Waals surface area contributed by atoms with Crippen molar-refractivity contribution in [2.24, 2.45) is 0 Å². The van der Waals surface area contributed by atoms with Crippen molar-refractivity contribution < 1.29 is 18.0 Å². The first-order valence-corrected chi connectivity index (χ1v) is 9.00. The van der Waals surface area contributed by atoms with Gasteiger partial charge < -0.3 is 4.90 Å². The fraction of sp³-hybridized carbons (Fsp3) is 0.238. The highest BCUT2D eigenvalue weighted by molar-refractivity contribution is 5.94. The molecule has 1 heterocycles. The summed E-state index contributed by atoms with van der Waals surface area (Å²) < 4.78 is 42.8. The summed E-state index contributed by atoms with van der Waals surface area (Å²) in [5.74, 6) is -2.17. The van der Waals surface area contributed by atoms with Crippen LogP contribution in [0.1, 0.15) is 33.7 Å². The van der Waals surface area contributed by atoms with Crippen LogP contribution in [0, 0.1) is 17.5 Å². The number of hydrogen-bond acceptors (Lipinski definition) is 2. The van der Waals surface area contributed by atoms with Crippen molar-refractivity contribution in [3.8, 4) is 5.69 Å². The van der Waals surface area contributed by atoms with Crippen LogP contribution in [0.2, 0.25) is 0 Å². The van der Waals surface area contributed by atoms with Gasteiger partial charge in [-0.15, -0.1) is 0 Å². The molecule has 0 N–H and O–H groups in total. The van der Waals surface area contributed by atoms with E-state index < -0.39 is 17.5 Å². The monoisotopic (exact) mass is 385 g/mol. The molecule has 1 aliphatic rings. The van der Waals surface area contributed by atoms with E-state index in [4.69, 9.17) is 0 Å². The van der Waals surface area contributed by atoms with E-state index in [9.17, 15) is 18.0 Å². The summed E-state index contributed by atoms with van der Waals surface area (Å²) in [6.07, 6.45) is 2.25. The topological polar surface area (TPSA) is 38.1 Å². The Morgan fingerprint density at radius 1 is 1.11 bits per heavy atom. The van der Waals surface area contributed by atoms with Gasteiger partial charge in [0.1, 0.15) is 23.1 Å². The lowest BCUT2D eigenvalue weighted by Crippen LogP contribution is -2.28. The van der Waals surface area contributed by atoms with Gasteiger partial charge in [0.25, 0.3) is 5.91 Å². The third-order valence-electron chi connectivity index (χ3n) is 4.98. The normalized spacial score (nSPS) is 12.9. The van der Waals surface area contributed by atoms with E-state index in [-0.39, 0.29) is 23.7 Å². The zero-order valence-electron chi connectivity index (χ0n) is 15.3. The van der Waals surface area contributed by atoms with Crippen LogP contribution in [-0.2, 0) is 19.4 Å². The number of benzene rings is 2. The van der Waals surface area contributed by atoms with E-state index in [1.807, 2.05) is 0 Å². The fourth-order valence-electron chi connectivity index (χ4n) is 3.59. The number of nitrogens with zero attached hydrogens (tertiary/aromatic N) is 3. The third-order valence-corrected chi connectivity index (χ3v) is 4.98. The van der Waals surface area contributed by atoms with E-state index in [1.165, 1.54) is 28.8 Å². The van der Waals surface area contributed by atoms with E-state index in [1.54, 1.807) is 18.2 Å². The van der Waals surface area contributed by atoms with Gasteiger partial charge in [0.05, 0.1) is 0 Å². The molecule has 3 aromatic rings. The van der Waals surface area contributed by atoms with Crippen molar-refractivity contribution in [1.29, 1.82) is 0 Å². The first kappa shape index (κ1) is 18.3. The summed E-state index contributed by atoms with van der Waals surface area (Å²) in [6, 6.07) is 9.54. The molecule has 0 saturated heterocycles. The molecule has 1 aliphatic carbocycles. The predicted molar refractivity (Wildman–Crippen MR) is 97.7 cm³/mol. The Morgan fingerprint density at radius 2 is 1.89 bits per heavy atom. The number of hydrogen-bond donors (Lipinski definition) is 0. The summed E-state index contributed by atoms with van der Waals surface area (Å²) in [5.41, 5.74) is 2.39. The van der Waals surface area contributed by atoms with Gasteiger partial charge in [0.2, 0.25) is 0 Å². The van der Waals surface area contributed by atoms with Gasteiger partial charge in [0, 0.05) is 36.5 Å². The van der Waals surface area contributed by atoms with E-state index >= 15 is 0 Å². The number of para-hydroxylation sites is 1. The first-order valence-electron chi connectivity index (χ1n) is 9.00. The van der Waals surface area contributed by atoms with Crippen LogP contribution in [0.5, 0.6) is 0 Å². The average Bonchev–Trinajstić information content (AvgIpc) is 3.27. The minimum absolute atomic E-state index is 0.0215. The summed E-state index contributed by atoms with van der Waals surface area (Å²) in [5, 5.41) is 4.39. The number of fused-ring (bicyclic) bond motifs is 1. The average molecular weight is 385 g/mol. The second-order valence-corrected chi connectivity index (χ2v) is 6.89. The Balaban J connectivity index is 1.66. The van der Waals surface area contributed by atoms with Crippen molar-refractivity contribution >= 4 is 5.91 Å². The molecule has 0 radical (unpaired) electrons. The van der Waals surface area contributed by atoms with Crippen LogP contribution in [0.4, 0.5) is 13.2 Å². The molecule has 7 heteroatoms. The molecule has 4 rings (SSSR count). The number of amides is 1. The van der Waals surface area contributed by atoms with Crippen molar-refractivity contribution in [2.45, 2.75) is 25.8 Å². The molecule has 1 amide bonds. The Morgan fingerprint density at radius 3 is 2.64 bits per heavy atom. The molecular formula is C21H18F3N3O. The lowest BCUT2D eigenvalue weighted by molar-refractivity contribution is 0.0776. The van der Waals surface area contributed by atoms with Crippen molar-refractivity contribution in [1.82, 2.24) is 14.7 Å². The van der Waals surface area contributed by atoms with Crippen LogP contribution in [0.25, 0.3) is 5.69 Å². The molecule has 0 aliphatic heterocycles. The standard InChI is InChI=1S/C21H18F3N3O/c1-26(12-13-9-10-14(22)11-17(13)24)21(28)20-15-5-4-8-18(15)27(25-20)19-7-3-2-6-16(19)23/h2-3,6-7,9-11H,4-5,8,12H2,1H3. The molecule has 144 valence electrons. The van der Waals surface area contributed by atoms with Gasteiger partial charge in [-0.3, -0.25) is 4.79 Å². The van der Waals surface area contributed by atoms with E-state index in [2.05, 4.69) is 5.10 Å². The molecule has 0 atom stereocenters. The maximum absolute atomic E-state index is 14.2. The minimum atomic E-state index is -0.707. The van der Waals surface area contributed by atoms with E-state index in [0.717, 1.165) is 29.8 Å². The first-order chi connectivity index (χ1) is 13.5. The number of carbonyl (C=O) groups is 1. The second-order valence-electron chi connectivity index (χ2n) is 6.89. The summed E-state index contributed by atoms with van der Waals surface area (Å²) in [7, 11) is 1.54. The second kappa shape index (κ2) is 7.14. The van der Waals surface area contributed by atoms with Gasteiger partial charge >= 0.3 is 0 Å². The lowest BCUT2D eigenvalue weighted by Gasteiger charge is -2.17. The quantitative estimate of drug-likeness (QED) is 0.680. The summed E-state index contributed by atoms with van der Waals surface area (Å²) in [6.45, 7) is -0.0215. The van der Waals surface area contributed by atoms with E-state index in [0.29, 0.717) is 18.5 Å². The Labute approximate surface area is 160 Å². The molecule has 28 heavy (non-hydrogen) atoms. The van der Waals surface area contributed by atoms with Crippen molar-refractivity contribution in [2.75, 3.05) is 7.05 Å². The number of aromatic nitrogens is 2. The smallest absolute Gasteiger partial charge is 0.274 e. The minimum Gasteiger partial charge on any atom is -0.336 e. The van der Waals surface area contributed by atoms with Gasteiger partial charge in [-0.1, -0.05) is 18.2 Å². The van der Waals surface area contributed by atoms with Crippen LogP contribution >= 0.6 is 0 Å². The SMILES string of the molecule is CN(Cc1ccc(F)cc1F)C(=O)c1nn(-c2ccccc2F)c2c1CCC2. The molecule has 0 saturated carbocycles. The Bertz CT molecular complexity index is 1060. The fourth-order valence-corrected chi connectivity index (χ4v) is 3.59. The molecule has 2 aromatic carbocycles. The molecular weight excluding hydrogens is 367 g/mol. The highest BCUT2D eigenvalue weighted by Crippen LogP contribution is 2.29. The molecule has 0 spiro atoms. The van der Waals surface area contributed by atoms with Crippen molar-refractivity contribution in [3.63, 3.8) is 0 Å². The van der Waals surface area contributed by atoms with Crippen molar-refractivity contribution in [3.05, 3.63) is 82.4 Å². The molecule has 0 bridgehead atoms. The highest BCUT2D eigenvalue weighted by Gasteiger charge is 2.29. The summed E-state index contributed by atoms with van der Waals surface area (Å²) >= 11 is 0. The highest BCUT2D eigenvalue weighted by atomic mass is 19.1. The zero-order chi connectivity index (χ0) is 19.8. The summed E-state index contributed by atoms with van der Waals surface area (Å²) in [4.78, 5) is 14.3. The number of rotatable bonds is 4. The third kappa shape index (κ3) is 3.17. The Kier molecular flexibility index (Phi) is 4.66. The number of carbonyl (C=O) groups excluding carboxylic acids is 1. The van der Waals surface area contributed by atoms with Crippen LogP contribution in [-0.4, -0.2) is 27.6 Å². The molecule has 0 unspecified atom stereocenters. The largest absolute Gasteiger partial charge is 0.336 e.